The van der Waals surface area contributed by atoms with Crippen LogP contribution < -0.4 is 15.8 Å². The Kier molecular flexibility index (Phi) is 4.93. The number of nitrogens with zero attached hydrogens (tertiary/aromatic N) is 3. The number of hydrazine groups is 1. The molecule has 1 saturated heterocycles. The number of rotatable bonds is 2. The van der Waals surface area contributed by atoms with Crippen LogP contribution in [0.15, 0.2) is 24.3 Å². The Hall–Kier alpha value is -1.79. The first kappa shape index (κ1) is 16.6. The molecule has 6 heteroatoms. The van der Waals surface area contributed by atoms with Crippen LogP contribution in [0.4, 0.5) is 16.2 Å². The second-order valence-corrected chi connectivity index (χ2v) is 6.66. The minimum absolute atomic E-state index is 0.553. The Morgan fingerprint density at radius 3 is 2.45 bits per heavy atom. The lowest BCUT2D eigenvalue weighted by Crippen LogP contribution is -2.45. The van der Waals surface area contributed by atoms with Gasteiger partial charge in [0.2, 0.25) is 0 Å². The van der Waals surface area contributed by atoms with Crippen molar-refractivity contribution in [2.24, 2.45) is 5.84 Å². The molecule has 0 spiro atoms. The smallest absolute Gasteiger partial charge is 0.429 e. The summed E-state index contributed by atoms with van der Waals surface area (Å²) in [5.74, 6) is 5.90. The van der Waals surface area contributed by atoms with E-state index >= 15 is 0 Å². The van der Waals surface area contributed by atoms with Gasteiger partial charge in [0.25, 0.3) is 0 Å². The number of piperazine rings is 1. The predicted molar refractivity (Wildman–Crippen MR) is 89.1 cm³/mol. The maximum Gasteiger partial charge on any atom is 0.429 e. The molecule has 0 bridgehead atoms. The molecule has 2 N–H and O–H groups in total. The molecule has 0 unspecified atom stereocenters. The zero-order valence-corrected chi connectivity index (χ0v) is 13.9. The molecule has 2 rings (SSSR count). The fourth-order valence-electron chi connectivity index (χ4n) is 2.32. The molecule has 1 aromatic rings. The molecule has 6 nitrogen and oxygen atoms in total. The number of benzene rings is 1. The van der Waals surface area contributed by atoms with Crippen LogP contribution in [0.1, 0.15) is 20.8 Å². The number of likely N-dealkylation sites (N-methyl/N-ethyl adjacent to an activating group) is 1. The lowest BCUT2D eigenvalue weighted by molar-refractivity contribution is 0.0580. The average molecular weight is 306 g/mol. The molecule has 0 aliphatic carbocycles. The number of hydrogen-bond donors (Lipinski definition) is 1. The summed E-state index contributed by atoms with van der Waals surface area (Å²) < 4.78 is 5.30. The summed E-state index contributed by atoms with van der Waals surface area (Å²) in [6, 6.07) is 7.68. The quantitative estimate of drug-likeness (QED) is 0.515. The van der Waals surface area contributed by atoms with E-state index in [0.29, 0.717) is 5.69 Å². The van der Waals surface area contributed by atoms with Crippen molar-refractivity contribution in [1.82, 2.24) is 4.90 Å². The molecule has 1 amide bonds. The van der Waals surface area contributed by atoms with Gasteiger partial charge >= 0.3 is 6.09 Å². The zero-order valence-electron chi connectivity index (χ0n) is 13.9. The largest absolute Gasteiger partial charge is 0.442 e. The van der Waals surface area contributed by atoms with Gasteiger partial charge < -0.3 is 14.5 Å². The van der Waals surface area contributed by atoms with Gasteiger partial charge in [0, 0.05) is 31.9 Å². The monoisotopic (exact) mass is 306 g/mol. The van der Waals surface area contributed by atoms with E-state index in [1.54, 1.807) is 0 Å². The summed E-state index contributed by atoms with van der Waals surface area (Å²) in [4.78, 5) is 16.6. The molecule has 0 atom stereocenters. The van der Waals surface area contributed by atoms with Crippen molar-refractivity contribution in [2.45, 2.75) is 26.4 Å². The number of ether oxygens (including phenoxy) is 1. The highest BCUT2D eigenvalue weighted by atomic mass is 16.6. The van der Waals surface area contributed by atoms with Crippen LogP contribution in [0, 0.1) is 0 Å². The van der Waals surface area contributed by atoms with Crippen LogP contribution in [-0.4, -0.2) is 49.8 Å². The summed E-state index contributed by atoms with van der Waals surface area (Å²) >= 11 is 0. The molecule has 1 aliphatic rings. The highest BCUT2D eigenvalue weighted by Gasteiger charge is 2.22. The fourth-order valence-corrected chi connectivity index (χ4v) is 2.32. The van der Waals surface area contributed by atoms with E-state index in [2.05, 4.69) is 16.8 Å². The molecule has 1 aliphatic heterocycles. The summed E-state index contributed by atoms with van der Waals surface area (Å²) in [6.07, 6.45) is -0.553. The maximum atomic E-state index is 12.0. The molecular weight excluding hydrogens is 280 g/mol. The normalized spacial score (nSPS) is 16.5. The summed E-state index contributed by atoms with van der Waals surface area (Å²) in [5, 5.41) is 1.06. The van der Waals surface area contributed by atoms with Crippen LogP contribution in [0.3, 0.4) is 0 Å². The van der Waals surface area contributed by atoms with Crippen molar-refractivity contribution < 1.29 is 9.53 Å². The fraction of sp³-hybridized carbons (Fsp3) is 0.562. The van der Waals surface area contributed by atoms with Crippen molar-refractivity contribution in [3.05, 3.63) is 24.3 Å². The van der Waals surface area contributed by atoms with Crippen LogP contribution in [0.2, 0.25) is 0 Å². The van der Waals surface area contributed by atoms with E-state index in [1.165, 1.54) is 0 Å². The van der Waals surface area contributed by atoms with Gasteiger partial charge in [-0.3, -0.25) is 0 Å². The molecule has 122 valence electrons. The van der Waals surface area contributed by atoms with Crippen LogP contribution in [0.5, 0.6) is 0 Å². The summed E-state index contributed by atoms with van der Waals surface area (Å²) in [5.41, 5.74) is 1.14. The molecule has 22 heavy (non-hydrogen) atoms. The first-order chi connectivity index (χ1) is 10.3. The van der Waals surface area contributed by atoms with Gasteiger partial charge in [-0.1, -0.05) is 6.07 Å². The van der Waals surface area contributed by atoms with Crippen molar-refractivity contribution >= 4 is 17.5 Å². The highest BCUT2D eigenvalue weighted by molar-refractivity contribution is 5.87. The number of carbonyl (C=O) groups is 1. The summed E-state index contributed by atoms with van der Waals surface area (Å²) in [7, 11) is 2.12. The molecule has 1 fully saturated rings. The predicted octanol–water partition coefficient (Wildman–Crippen LogP) is 2.05. The Morgan fingerprint density at radius 2 is 1.86 bits per heavy atom. The van der Waals surface area contributed by atoms with Gasteiger partial charge in [-0.05, 0) is 46.0 Å². The maximum absolute atomic E-state index is 12.0. The van der Waals surface area contributed by atoms with Crippen molar-refractivity contribution in [1.29, 1.82) is 0 Å². The third kappa shape index (κ3) is 4.35. The average Bonchev–Trinajstić information content (AvgIpc) is 2.45. The Balaban J connectivity index is 2.09. The first-order valence-corrected chi connectivity index (χ1v) is 7.57. The van der Waals surface area contributed by atoms with Gasteiger partial charge in [0.05, 0.1) is 5.69 Å². The number of amides is 1. The number of hydrogen-bond acceptors (Lipinski definition) is 5. The molecule has 0 saturated carbocycles. The van der Waals surface area contributed by atoms with E-state index in [-0.39, 0.29) is 0 Å². The van der Waals surface area contributed by atoms with Gasteiger partial charge in [-0.25, -0.2) is 15.6 Å². The Morgan fingerprint density at radius 1 is 1.23 bits per heavy atom. The second-order valence-electron chi connectivity index (χ2n) is 6.66. The van der Waals surface area contributed by atoms with Gasteiger partial charge in [0.1, 0.15) is 5.60 Å². The molecule has 1 aromatic carbocycles. The van der Waals surface area contributed by atoms with Crippen LogP contribution in [0.25, 0.3) is 0 Å². The van der Waals surface area contributed by atoms with Gasteiger partial charge in [-0.2, -0.15) is 0 Å². The third-order valence-electron chi connectivity index (χ3n) is 3.57. The first-order valence-electron chi connectivity index (χ1n) is 7.57. The van der Waals surface area contributed by atoms with Gasteiger partial charge in [-0.15, -0.1) is 0 Å². The molecule has 0 aromatic heterocycles. The highest BCUT2D eigenvalue weighted by Crippen LogP contribution is 2.23. The number of nitrogens with two attached hydrogens (primary N) is 1. The molecule has 1 heterocycles. The standard InChI is InChI=1S/C16H26N4O2/c1-16(2,3)22-15(21)20(17)14-7-5-6-13(12-14)19-10-8-18(4)9-11-19/h5-7,12H,8-11,17H2,1-4H3. The zero-order chi connectivity index (χ0) is 16.3. The van der Waals surface area contributed by atoms with E-state index in [9.17, 15) is 4.79 Å². The topological polar surface area (TPSA) is 62.0 Å². The van der Waals surface area contributed by atoms with E-state index < -0.39 is 11.7 Å². The van der Waals surface area contributed by atoms with E-state index in [1.807, 2.05) is 45.0 Å². The SMILES string of the molecule is CN1CCN(c2cccc(N(N)C(=O)OC(C)(C)C)c2)CC1. The van der Waals surface area contributed by atoms with E-state index in [0.717, 1.165) is 36.9 Å². The number of carbonyl (C=O) groups excluding carboxylic acids is 1. The minimum atomic E-state index is -0.566. The molecular formula is C16H26N4O2. The van der Waals surface area contributed by atoms with Crippen molar-refractivity contribution in [3.63, 3.8) is 0 Å². The number of anilines is 2. The van der Waals surface area contributed by atoms with Crippen LogP contribution >= 0.6 is 0 Å². The second kappa shape index (κ2) is 6.54. The van der Waals surface area contributed by atoms with Crippen molar-refractivity contribution in [2.75, 3.05) is 43.1 Å². The lowest BCUT2D eigenvalue weighted by atomic mass is 10.2. The van der Waals surface area contributed by atoms with E-state index in [4.69, 9.17) is 10.6 Å². The molecule has 0 radical (unpaired) electrons. The van der Waals surface area contributed by atoms with Crippen molar-refractivity contribution in [3.8, 4) is 0 Å². The van der Waals surface area contributed by atoms with Gasteiger partial charge in [0.15, 0.2) is 0 Å². The Bertz CT molecular complexity index is 519. The third-order valence-corrected chi connectivity index (χ3v) is 3.57. The summed E-state index contributed by atoms with van der Waals surface area (Å²) in [6.45, 7) is 9.46. The van der Waals surface area contributed by atoms with Crippen LogP contribution in [-0.2, 0) is 4.74 Å². The minimum Gasteiger partial charge on any atom is -0.442 e. The lowest BCUT2D eigenvalue weighted by Gasteiger charge is -2.34. The Labute approximate surface area is 132 Å².